The van der Waals surface area contributed by atoms with Crippen molar-refractivity contribution in [2.45, 2.75) is 11.8 Å². The van der Waals surface area contributed by atoms with Gasteiger partial charge in [-0.05, 0) is 41.1 Å². The summed E-state index contributed by atoms with van der Waals surface area (Å²) in [6.45, 7) is 2.51. The number of nitrogens with two attached hydrogens (primary N) is 1. The van der Waals surface area contributed by atoms with Gasteiger partial charge in [-0.3, -0.25) is 4.79 Å². The molecule has 4 N–H and O–H groups in total. The summed E-state index contributed by atoms with van der Waals surface area (Å²) in [6.07, 6.45) is 0. The number of thioether (sulfide) groups is 1. The minimum absolute atomic E-state index is 0.00471. The molecular formula is C11H14BrN3O2S. The van der Waals surface area contributed by atoms with E-state index in [9.17, 15) is 4.79 Å². The molecule has 1 aromatic carbocycles. The van der Waals surface area contributed by atoms with Crippen molar-refractivity contribution in [1.82, 2.24) is 5.32 Å². The normalized spacial score (nSPS) is 11.3. The van der Waals surface area contributed by atoms with E-state index >= 15 is 0 Å². The number of hydrogen-bond donors (Lipinski definition) is 3. The maximum Gasteiger partial charge on any atom is 0.230 e. The molecule has 0 atom stereocenters. The van der Waals surface area contributed by atoms with E-state index in [0.717, 1.165) is 9.37 Å². The highest BCUT2D eigenvalue weighted by Crippen LogP contribution is 2.28. The molecule has 0 fully saturated rings. The fourth-order valence-electron chi connectivity index (χ4n) is 1.23. The average molecular weight is 332 g/mol. The second-order valence-electron chi connectivity index (χ2n) is 3.37. The monoisotopic (exact) mass is 331 g/mol. The Labute approximate surface area is 118 Å². The summed E-state index contributed by atoms with van der Waals surface area (Å²) in [5.74, 6) is 0.404. The standard InChI is InChI=1S/C11H14BrN3O2S/c1-2-14-10(16)6-18-9-4-3-7(5-8(9)12)11(13)15-17/h3-5,17H,2,6H2,1H3,(H2,13,15)(H,14,16). The van der Waals surface area contributed by atoms with Crippen LogP contribution in [0.1, 0.15) is 12.5 Å². The van der Waals surface area contributed by atoms with Gasteiger partial charge in [0.05, 0.1) is 5.75 Å². The summed E-state index contributed by atoms with van der Waals surface area (Å²) in [4.78, 5) is 12.3. The van der Waals surface area contributed by atoms with Crippen LogP contribution in [0.15, 0.2) is 32.7 Å². The molecule has 0 aliphatic rings. The second kappa shape index (κ2) is 7.27. The number of oxime groups is 1. The van der Waals surface area contributed by atoms with Crippen molar-refractivity contribution in [2.24, 2.45) is 10.9 Å². The molecule has 1 rings (SSSR count). The van der Waals surface area contributed by atoms with E-state index in [1.165, 1.54) is 11.8 Å². The van der Waals surface area contributed by atoms with Gasteiger partial charge in [0.15, 0.2) is 5.84 Å². The molecular weight excluding hydrogens is 318 g/mol. The molecule has 0 heterocycles. The zero-order valence-corrected chi connectivity index (χ0v) is 12.2. The molecule has 1 aromatic rings. The first-order chi connectivity index (χ1) is 8.58. The maximum atomic E-state index is 11.3. The number of halogens is 1. The fraction of sp³-hybridized carbons (Fsp3) is 0.273. The number of rotatable bonds is 5. The van der Waals surface area contributed by atoms with Gasteiger partial charge in [-0.2, -0.15) is 0 Å². The van der Waals surface area contributed by atoms with Crippen LogP contribution in [0.2, 0.25) is 0 Å². The van der Waals surface area contributed by atoms with Crippen LogP contribution in [-0.2, 0) is 4.79 Å². The zero-order chi connectivity index (χ0) is 13.5. The zero-order valence-electron chi connectivity index (χ0n) is 9.81. The molecule has 18 heavy (non-hydrogen) atoms. The lowest BCUT2D eigenvalue weighted by molar-refractivity contribution is -0.118. The quantitative estimate of drug-likeness (QED) is 0.252. The van der Waals surface area contributed by atoms with E-state index in [4.69, 9.17) is 10.9 Å². The third-order valence-corrected chi connectivity index (χ3v) is 4.06. The molecule has 0 aliphatic heterocycles. The molecule has 0 aliphatic carbocycles. The number of carbonyl (C=O) groups excluding carboxylic acids is 1. The Hall–Kier alpha value is -1.21. The fourth-order valence-corrected chi connectivity index (χ4v) is 2.70. The lowest BCUT2D eigenvalue weighted by Gasteiger charge is -2.06. The van der Waals surface area contributed by atoms with Crippen molar-refractivity contribution in [3.63, 3.8) is 0 Å². The summed E-state index contributed by atoms with van der Waals surface area (Å²) < 4.78 is 0.806. The van der Waals surface area contributed by atoms with Crippen molar-refractivity contribution in [1.29, 1.82) is 0 Å². The van der Waals surface area contributed by atoms with E-state index in [2.05, 4.69) is 26.4 Å². The Morgan fingerprint density at radius 2 is 2.33 bits per heavy atom. The smallest absolute Gasteiger partial charge is 0.230 e. The number of hydrogen-bond acceptors (Lipinski definition) is 4. The summed E-state index contributed by atoms with van der Waals surface area (Å²) in [5, 5.41) is 14.2. The van der Waals surface area contributed by atoms with Crippen molar-refractivity contribution in [3.05, 3.63) is 28.2 Å². The highest BCUT2D eigenvalue weighted by atomic mass is 79.9. The number of nitrogens with one attached hydrogen (secondary N) is 1. The minimum atomic E-state index is -0.00471. The van der Waals surface area contributed by atoms with Gasteiger partial charge in [0, 0.05) is 21.5 Å². The van der Waals surface area contributed by atoms with Gasteiger partial charge in [-0.15, -0.1) is 11.8 Å². The van der Waals surface area contributed by atoms with Gasteiger partial charge < -0.3 is 16.3 Å². The Kier molecular flexibility index (Phi) is 6.00. The summed E-state index contributed by atoms with van der Waals surface area (Å²) in [7, 11) is 0. The molecule has 7 heteroatoms. The number of amidine groups is 1. The highest BCUT2D eigenvalue weighted by Gasteiger charge is 2.07. The first-order valence-electron chi connectivity index (χ1n) is 5.25. The molecule has 0 saturated heterocycles. The minimum Gasteiger partial charge on any atom is -0.409 e. The molecule has 0 radical (unpaired) electrons. The van der Waals surface area contributed by atoms with Gasteiger partial charge in [0.2, 0.25) is 5.91 Å². The Balaban J connectivity index is 2.71. The number of nitrogens with zero attached hydrogens (tertiary/aromatic N) is 1. The molecule has 0 aromatic heterocycles. The van der Waals surface area contributed by atoms with Crippen LogP contribution < -0.4 is 11.1 Å². The predicted octanol–water partition coefficient (Wildman–Crippen LogP) is 1.77. The maximum absolute atomic E-state index is 11.3. The van der Waals surface area contributed by atoms with Crippen molar-refractivity contribution >= 4 is 39.4 Å². The van der Waals surface area contributed by atoms with E-state index in [0.29, 0.717) is 17.9 Å². The van der Waals surface area contributed by atoms with Crippen molar-refractivity contribution in [3.8, 4) is 0 Å². The first kappa shape index (κ1) is 14.8. The van der Waals surface area contributed by atoms with Crippen molar-refractivity contribution in [2.75, 3.05) is 12.3 Å². The molecule has 98 valence electrons. The topological polar surface area (TPSA) is 87.7 Å². The number of carbonyl (C=O) groups is 1. The Morgan fingerprint density at radius 1 is 1.61 bits per heavy atom. The summed E-state index contributed by atoms with van der Waals surface area (Å²) in [5.41, 5.74) is 6.10. The van der Waals surface area contributed by atoms with Crippen LogP contribution in [-0.4, -0.2) is 29.2 Å². The molecule has 0 spiro atoms. The van der Waals surface area contributed by atoms with Crippen LogP contribution in [0.3, 0.4) is 0 Å². The highest BCUT2D eigenvalue weighted by molar-refractivity contribution is 9.10. The van der Waals surface area contributed by atoms with E-state index in [1.54, 1.807) is 12.1 Å². The van der Waals surface area contributed by atoms with Gasteiger partial charge in [0.25, 0.3) is 0 Å². The van der Waals surface area contributed by atoms with E-state index in [-0.39, 0.29) is 11.7 Å². The van der Waals surface area contributed by atoms with Crippen LogP contribution >= 0.6 is 27.7 Å². The van der Waals surface area contributed by atoms with Gasteiger partial charge in [-0.1, -0.05) is 5.16 Å². The van der Waals surface area contributed by atoms with Gasteiger partial charge in [0.1, 0.15) is 0 Å². The van der Waals surface area contributed by atoms with Crippen molar-refractivity contribution < 1.29 is 10.0 Å². The third kappa shape index (κ3) is 4.23. The first-order valence-corrected chi connectivity index (χ1v) is 7.03. The molecule has 1 amide bonds. The SMILES string of the molecule is CCNC(=O)CSc1ccc(/C(N)=N/O)cc1Br. The lowest BCUT2D eigenvalue weighted by atomic mass is 10.2. The second-order valence-corrected chi connectivity index (χ2v) is 5.24. The number of amides is 1. The number of benzene rings is 1. The van der Waals surface area contributed by atoms with Crippen LogP contribution in [0, 0.1) is 0 Å². The Morgan fingerprint density at radius 3 is 2.89 bits per heavy atom. The van der Waals surface area contributed by atoms with E-state index < -0.39 is 0 Å². The van der Waals surface area contributed by atoms with Gasteiger partial charge in [-0.25, -0.2) is 0 Å². The van der Waals surface area contributed by atoms with Crippen LogP contribution in [0.5, 0.6) is 0 Å². The molecule has 5 nitrogen and oxygen atoms in total. The summed E-state index contributed by atoms with van der Waals surface area (Å²) >= 11 is 4.81. The van der Waals surface area contributed by atoms with Gasteiger partial charge >= 0.3 is 0 Å². The van der Waals surface area contributed by atoms with Crippen LogP contribution in [0.25, 0.3) is 0 Å². The molecule has 0 unspecified atom stereocenters. The summed E-state index contributed by atoms with van der Waals surface area (Å²) in [6, 6.07) is 5.30. The molecule has 0 saturated carbocycles. The van der Waals surface area contributed by atoms with Crippen LogP contribution in [0.4, 0.5) is 0 Å². The lowest BCUT2D eigenvalue weighted by Crippen LogP contribution is -2.24. The third-order valence-electron chi connectivity index (χ3n) is 2.07. The average Bonchev–Trinajstić information content (AvgIpc) is 2.36. The largest absolute Gasteiger partial charge is 0.409 e. The van der Waals surface area contributed by atoms with E-state index in [1.807, 2.05) is 13.0 Å². The molecule has 0 bridgehead atoms. The predicted molar refractivity (Wildman–Crippen MR) is 76.1 cm³/mol. The Bertz CT molecular complexity index is 466.